The van der Waals surface area contributed by atoms with Crippen molar-refractivity contribution in [3.05, 3.63) is 30.5 Å². The van der Waals surface area contributed by atoms with Crippen molar-refractivity contribution >= 4 is 22.8 Å². The predicted molar refractivity (Wildman–Crippen MR) is 99.6 cm³/mol. The van der Waals surface area contributed by atoms with Crippen LogP contribution in [0, 0.1) is 23.2 Å². The molecule has 0 aliphatic heterocycles. The minimum atomic E-state index is -1.11. The maximum absolute atomic E-state index is 12.1. The number of fused-ring (bicyclic) bond motifs is 2. The van der Waals surface area contributed by atoms with Crippen LogP contribution in [0.15, 0.2) is 23.2 Å². The number of carbonyl (C=O) groups excluding carboxylic acids is 1. The van der Waals surface area contributed by atoms with Crippen molar-refractivity contribution in [3.63, 3.8) is 0 Å². The number of aliphatic hydroxyl groups is 2. The SMILES string of the molecule is CNc1nc(C#Cc2ncco2)nc2c1ncn2[C@@H]1C2C[C@@]2(C(C)=O)C(O)[C@H]1O. The first-order chi connectivity index (χ1) is 14.0. The van der Waals surface area contributed by atoms with Crippen molar-refractivity contribution in [2.24, 2.45) is 11.3 Å². The first kappa shape index (κ1) is 17.8. The van der Waals surface area contributed by atoms with E-state index in [1.807, 2.05) is 0 Å². The third-order valence-corrected chi connectivity index (χ3v) is 6.02. The molecule has 29 heavy (non-hydrogen) atoms. The first-order valence-electron chi connectivity index (χ1n) is 9.18. The summed E-state index contributed by atoms with van der Waals surface area (Å²) in [5.41, 5.74) is 0.0908. The Kier molecular flexibility index (Phi) is 3.74. The van der Waals surface area contributed by atoms with Crippen molar-refractivity contribution in [1.29, 1.82) is 0 Å². The molecule has 3 aromatic rings. The van der Waals surface area contributed by atoms with E-state index in [9.17, 15) is 15.0 Å². The molecule has 0 amide bonds. The quantitative estimate of drug-likeness (QED) is 0.529. The van der Waals surface area contributed by atoms with Crippen LogP contribution in [0.2, 0.25) is 0 Å². The second-order valence-corrected chi connectivity index (χ2v) is 7.39. The van der Waals surface area contributed by atoms with Gasteiger partial charge in [0, 0.05) is 13.0 Å². The van der Waals surface area contributed by atoms with Crippen LogP contribution >= 0.6 is 0 Å². The zero-order valence-corrected chi connectivity index (χ0v) is 15.7. The fraction of sp³-hybridized carbons (Fsp3) is 0.421. The van der Waals surface area contributed by atoms with Crippen LogP contribution in [-0.4, -0.2) is 59.8 Å². The highest BCUT2D eigenvalue weighted by Gasteiger charge is 2.74. The summed E-state index contributed by atoms with van der Waals surface area (Å²) in [4.78, 5) is 29.3. The number of imidazole rings is 1. The highest BCUT2D eigenvalue weighted by Crippen LogP contribution is 2.68. The lowest BCUT2D eigenvalue weighted by Gasteiger charge is -2.23. The average Bonchev–Trinajstić information content (AvgIpc) is 3.00. The lowest BCUT2D eigenvalue weighted by Crippen LogP contribution is -2.36. The minimum absolute atomic E-state index is 0.107. The van der Waals surface area contributed by atoms with E-state index in [1.165, 1.54) is 19.4 Å². The molecule has 10 nitrogen and oxygen atoms in total. The molecule has 0 spiro atoms. The molecule has 2 aliphatic carbocycles. The Hall–Kier alpha value is -3.29. The standard InChI is InChI=1S/C19H18N6O4/c1-9(26)19-7-10(19)14(15(27)16(19)28)25-8-22-13-17(20-2)23-11(24-18(13)25)3-4-12-21-5-6-29-12/h5-6,8,10,14-16,27-28H,7H2,1-2H3,(H,20,23,24)/t10?,14-,15+,16?,19+/m1/s1. The highest BCUT2D eigenvalue weighted by atomic mass is 16.3. The van der Waals surface area contributed by atoms with E-state index in [0.717, 1.165) is 0 Å². The molecule has 3 heterocycles. The van der Waals surface area contributed by atoms with Crippen LogP contribution in [0.1, 0.15) is 31.1 Å². The zero-order valence-electron chi connectivity index (χ0n) is 15.7. The third-order valence-electron chi connectivity index (χ3n) is 6.02. The molecule has 148 valence electrons. The average molecular weight is 394 g/mol. The summed E-state index contributed by atoms with van der Waals surface area (Å²) in [6.07, 6.45) is 2.80. The van der Waals surface area contributed by atoms with Crippen molar-refractivity contribution in [2.75, 3.05) is 12.4 Å². The summed E-state index contributed by atoms with van der Waals surface area (Å²) in [5.74, 6) is 6.23. The maximum Gasteiger partial charge on any atom is 0.273 e. The molecule has 3 N–H and O–H groups in total. The number of oxazole rings is 1. The lowest BCUT2D eigenvalue weighted by atomic mass is 9.95. The number of rotatable bonds is 3. The van der Waals surface area contributed by atoms with Crippen LogP contribution in [0.25, 0.3) is 11.2 Å². The molecule has 0 aromatic carbocycles. The van der Waals surface area contributed by atoms with Gasteiger partial charge in [-0.05, 0) is 25.2 Å². The van der Waals surface area contributed by atoms with E-state index in [4.69, 9.17) is 4.42 Å². The molecule has 2 saturated carbocycles. The number of aromatic nitrogens is 5. The molecule has 2 fully saturated rings. The van der Waals surface area contributed by atoms with Gasteiger partial charge in [-0.15, -0.1) is 0 Å². The molecule has 2 unspecified atom stereocenters. The Bertz CT molecular complexity index is 1180. The van der Waals surface area contributed by atoms with E-state index in [-0.39, 0.29) is 23.4 Å². The topological polar surface area (TPSA) is 139 Å². The van der Waals surface area contributed by atoms with Crippen LogP contribution in [0.3, 0.4) is 0 Å². The Labute approximate surface area is 165 Å². The van der Waals surface area contributed by atoms with Crippen LogP contribution in [0.5, 0.6) is 0 Å². The summed E-state index contributed by atoms with van der Waals surface area (Å²) in [5, 5.41) is 24.2. The summed E-state index contributed by atoms with van der Waals surface area (Å²) in [6, 6.07) is -0.508. The second-order valence-electron chi connectivity index (χ2n) is 7.39. The Morgan fingerprint density at radius 2 is 2.17 bits per heavy atom. The molecule has 0 radical (unpaired) electrons. The van der Waals surface area contributed by atoms with Crippen LogP contribution < -0.4 is 5.32 Å². The van der Waals surface area contributed by atoms with E-state index >= 15 is 0 Å². The van der Waals surface area contributed by atoms with Gasteiger partial charge < -0.3 is 24.5 Å². The van der Waals surface area contributed by atoms with Crippen molar-refractivity contribution in [2.45, 2.75) is 31.6 Å². The summed E-state index contributed by atoms with van der Waals surface area (Å²) in [7, 11) is 1.71. The van der Waals surface area contributed by atoms with Gasteiger partial charge in [-0.2, -0.15) is 0 Å². The molecular weight excluding hydrogens is 376 g/mol. The lowest BCUT2D eigenvalue weighted by molar-refractivity contribution is -0.128. The molecule has 0 bridgehead atoms. The van der Waals surface area contributed by atoms with Gasteiger partial charge in [-0.1, -0.05) is 0 Å². The number of carbonyl (C=O) groups is 1. The van der Waals surface area contributed by atoms with Crippen molar-refractivity contribution in [3.8, 4) is 11.8 Å². The van der Waals surface area contributed by atoms with Gasteiger partial charge in [0.1, 0.15) is 18.2 Å². The molecule has 5 atom stereocenters. The predicted octanol–water partition coefficient (Wildman–Crippen LogP) is 0.128. The van der Waals surface area contributed by atoms with Crippen LogP contribution in [-0.2, 0) is 4.79 Å². The number of hydrogen-bond acceptors (Lipinski definition) is 9. The van der Waals surface area contributed by atoms with E-state index < -0.39 is 23.7 Å². The second kappa shape index (κ2) is 6.10. The normalized spacial score (nSPS) is 29.9. The molecule has 0 saturated heterocycles. The Balaban J connectivity index is 1.61. The van der Waals surface area contributed by atoms with E-state index in [2.05, 4.69) is 37.1 Å². The third kappa shape index (κ3) is 2.41. The number of nitrogens with zero attached hydrogens (tertiary/aromatic N) is 5. The maximum atomic E-state index is 12.1. The monoisotopic (exact) mass is 394 g/mol. The van der Waals surface area contributed by atoms with Gasteiger partial charge in [0.25, 0.3) is 5.89 Å². The number of nitrogens with one attached hydrogen (secondary N) is 1. The zero-order chi connectivity index (χ0) is 20.3. The van der Waals surface area contributed by atoms with Crippen LogP contribution in [0.4, 0.5) is 5.82 Å². The van der Waals surface area contributed by atoms with Crippen molar-refractivity contribution < 1.29 is 19.4 Å². The van der Waals surface area contributed by atoms with Gasteiger partial charge in [-0.3, -0.25) is 4.79 Å². The molecule has 2 aliphatic rings. The smallest absolute Gasteiger partial charge is 0.273 e. The molecular formula is C19H18N6O4. The number of aliphatic hydroxyl groups excluding tert-OH is 2. The molecule has 3 aromatic heterocycles. The fourth-order valence-corrected chi connectivity index (χ4v) is 4.53. The molecule has 5 rings (SSSR count). The number of ketones is 1. The van der Waals surface area contributed by atoms with Gasteiger partial charge >= 0.3 is 0 Å². The summed E-state index contributed by atoms with van der Waals surface area (Å²) >= 11 is 0. The Morgan fingerprint density at radius 1 is 1.34 bits per heavy atom. The Morgan fingerprint density at radius 3 is 2.83 bits per heavy atom. The highest BCUT2D eigenvalue weighted by molar-refractivity contribution is 5.88. The first-order valence-corrected chi connectivity index (χ1v) is 9.18. The van der Waals surface area contributed by atoms with Gasteiger partial charge in [0.15, 0.2) is 17.0 Å². The van der Waals surface area contributed by atoms with Gasteiger partial charge in [0.05, 0.1) is 30.1 Å². The number of Topliss-reactive ketones (excluding diaryl/α,β-unsaturated/α-hetero) is 1. The van der Waals surface area contributed by atoms with E-state index in [1.54, 1.807) is 17.9 Å². The van der Waals surface area contributed by atoms with Gasteiger partial charge in [0.2, 0.25) is 5.82 Å². The van der Waals surface area contributed by atoms with E-state index in [0.29, 0.717) is 23.4 Å². The van der Waals surface area contributed by atoms with Crippen molar-refractivity contribution in [1.82, 2.24) is 24.5 Å². The largest absolute Gasteiger partial charge is 0.439 e. The summed E-state index contributed by atoms with van der Waals surface area (Å²) in [6.45, 7) is 1.46. The molecule has 10 heteroatoms. The van der Waals surface area contributed by atoms with Gasteiger partial charge in [-0.25, -0.2) is 19.9 Å². The fourth-order valence-electron chi connectivity index (χ4n) is 4.53. The minimum Gasteiger partial charge on any atom is -0.439 e. The number of anilines is 1. The number of hydrogen-bond donors (Lipinski definition) is 3. The summed E-state index contributed by atoms with van der Waals surface area (Å²) < 4.78 is 6.81.